The molecule has 0 saturated carbocycles. The van der Waals surface area contributed by atoms with Crippen molar-refractivity contribution in [2.75, 3.05) is 21.7 Å². The highest BCUT2D eigenvalue weighted by Crippen LogP contribution is 2.40. The van der Waals surface area contributed by atoms with Gasteiger partial charge in [0, 0.05) is 52.5 Å². The summed E-state index contributed by atoms with van der Waals surface area (Å²) in [6.07, 6.45) is 0. The zero-order valence-corrected chi connectivity index (χ0v) is 23.4. The third-order valence-electron chi connectivity index (χ3n) is 7.31. The van der Waals surface area contributed by atoms with Crippen LogP contribution in [0.4, 0.5) is 45.5 Å². The van der Waals surface area contributed by atoms with Crippen LogP contribution < -0.4 is 14.7 Å². The van der Waals surface area contributed by atoms with Crippen LogP contribution in [0.2, 0.25) is 0 Å². The minimum absolute atomic E-state index is 1.09. The summed E-state index contributed by atoms with van der Waals surface area (Å²) in [5.74, 6) is 0. The van der Waals surface area contributed by atoms with Gasteiger partial charge in [-0.25, -0.2) is 0 Å². The van der Waals surface area contributed by atoms with Crippen LogP contribution in [0.15, 0.2) is 164 Å². The number of hydrogen-bond donors (Lipinski definition) is 0. The Morgan fingerprint density at radius 3 is 1.10 bits per heavy atom. The van der Waals surface area contributed by atoms with Crippen molar-refractivity contribution in [3.05, 3.63) is 169 Å². The molecular formula is C38H33N3. The van der Waals surface area contributed by atoms with Crippen LogP contribution in [0.1, 0.15) is 5.56 Å². The van der Waals surface area contributed by atoms with E-state index in [1.54, 1.807) is 0 Å². The zero-order chi connectivity index (χ0) is 28.0. The van der Waals surface area contributed by atoms with E-state index in [0.29, 0.717) is 0 Å². The van der Waals surface area contributed by atoms with Gasteiger partial charge in [-0.15, -0.1) is 0 Å². The van der Waals surface area contributed by atoms with Crippen molar-refractivity contribution in [2.45, 2.75) is 6.92 Å². The van der Waals surface area contributed by atoms with Crippen molar-refractivity contribution < 1.29 is 0 Å². The van der Waals surface area contributed by atoms with E-state index in [1.165, 1.54) is 5.56 Å². The fourth-order valence-corrected chi connectivity index (χ4v) is 5.14. The van der Waals surface area contributed by atoms with Crippen LogP contribution in [-0.2, 0) is 0 Å². The molecule has 0 aliphatic heterocycles. The first-order valence-electron chi connectivity index (χ1n) is 13.9. The second kappa shape index (κ2) is 11.8. The van der Waals surface area contributed by atoms with Gasteiger partial charge in [0.2, 0.25) is 0 Å². The largest absolute Gasteiger partial charge is 0.345 e. The predicted octanol–water partition coefficient (Wildman–Crippen LogP) is 10.7. The van der Waals surface area contributed by atoms with Crippen LogP contribution in [0, 0.1) is 6.92 Å². The van der Waals surface area contributed by atoms with E-state index in [2.05, 4.69) is 186 Å². The topological polar surface area (TPSA) is 9.72 Å². The number of benzene rings is 6. The van der Waals surface area contributed by atoms with Crippen LogP contribution in [-0.4, -0.2) is 7.05 Å². The molecule has 0 spiro atoms. The lowest BCUT2D eigenvalue weighted by atomic mass is 10.1. The molecule has 6 aromatic rings. The molecule has 0 heterocycles. The monoisotopic (exact) mass is 531 g/mol. The fourth-order valence-electron chi connectivity index (χ4n) is 5.14. The van der Waals surface area contributed by atoms with E-state index >= 15 is 0 Å². The van der Waals surface area contributed by atoms with Gasteiger partial charge in [0.15, 0.2) is 0 Å². The molecule has 6 rings (SSSR count). The van der Waals surface area contributed by atoms with Gasteiger partial charge >= 0.3 is 0 Å². The lowest BCUT2D eigenvalue weighted by Crippen LogP contribution is -2.13. The van der Waals surface area contributed by atoms with Crippen molar-refractivity contribution in [1.82, 2.24) is 0 Å². The maximum Gasteiger partial charge on any atom is 0.0482 e. The minimum Gasteiger partial charge on any atom is -0.345 e. The van der Waals surface area contributed by atoms with Gasteiger partial charge in [-0.05, 0) is 97.9 Å². The molecule has 0 radical (unpaired) electrons. The molecule has 3 heteroatoms. The lowest BCUT2D eigenvalue weighted by molar-refractivity contribution is 1.20. The first kappa shape index (κ1) is 26.0. The van der Waals surface area contributed by atoms with Crippen molar-refractivity contribution >= 4 is 45.5 Å². The first-order chi connectivity index (χ1) is 20.2. The summed E-state index contributed by atoms with van der Waals surface area (Å²) in [5, 5.41) is 0. The Morgan fingerprint density at radius 1 is 0.317 bits per heavy atom. The highest BCUT2D eigenvalue weighted by molar-refractivity contribution is 5.83. The summed E-state index contributed by atoms with van der Waals surface area (Å²) < 4.78 is 0. The maximum absolute atomic E-state index is 2.31. The Bertz CT molecular complexity index is 1680. The second-order valence-corrected chi connectivity index (χ2v) is 10.1. The maximum atomic E-state index is 2.31. The van der Waals surface area contributed by atoms with Crippen molar-refractivity contribution in [2.24, 2.45) is 0 Å². The molecule has 0 bridgehead atoms. The van der Waals surface area contributed by atoms with E-state index in [-0.39, 0.29) is 0 Å². The molecular weight excluding hydrogens is 498 g/mol. The summed E-state index contributed by atoms with van der Waals surface area (Å²) in [7, 11) is 2.10. The van der Waals surface area contributed by atoms with Crippen LogP contribution in [0.5, 0.6) is 0 Å². The Kier molecular flexibility index (Phi) is 7.51. The van der Waals surface area contributed by atoms with Gasteiger partial charge < -0.3 is 14.7 Å². The quantitative estimate of drug-likeness (QED) is 0.193. The highest BCUT2D eigenvalue weighted by atomic mass is 15.2. The van der Waals surface area contributed by atoms with E-state index in [9.17, 15) is 0 Å². The number of anilines is 8. The van der Waals surface area contributed by atoms with Gasteiger partial charge in [-0.2, -0.15) is 0 Å². The molecule has 0 atom stereocenters. The van der Waals surface area contributed by atoms with Gasteiger partial charge in [0.1, 0.15) is 0 Å². The third kappa shape index (κ3) is 5.70. The molecule has 0 unspecified atom stereocenters. The Labute approximate surface area is 243 Å². The van der Waals surface area contributed by atoms with Gasteiger partial charge in [-0.3, -0.25) is 0 Å². The number of rotatable bonds is 8. The van der Waals surface area contributed by atoms with Crippen LogP contribution in [0.3, 0.4) is 0 Å². The Hall–Kier alpha value is -5.28. The summed E-state index contributed by atoms with van der Waals surface area (Å²) in [4.78, 5) is 6.83. The molecule has 0 fully saturated rings. The normalized spacial score (nSPS) is 10.7. The predicted molar refractivity (Wildman–Crippen MR) is 175 cm³/mol. The highest BCUT2D eigenvalue weighted by Gasteiger charge is 2.17. The van der Waals surface area contributed by atoms with Gasteiger partial charge in [0.05, 0.1) is 0 Å². The molecule has 6 aromatic carbocycles. The standard InChI is InChI=1S/C38H33N3/c1-30-21-23-35(24-22-30)40(33-15-8-4-9-16-33)37-19-12-20-38(29-37)41(34-17-10-5-11-18-34)36-27-25-32(26-28-36)39(2)31-13-6-3-7-14-31/h3-29H,1-2H3. The minimum atomic E-state index is 1.09. The molecule has 200 valence electrons. The second-order valence-electron chi connectivity index (χ2n) is 10.1. The Morgan fingerprint density at radius 2 is 0.634 bits per heavy atom. The van der Waals surface area contributed by atoms with Crippen molar-refractivity contribution in [1.29, 1.82) is 0 Å². The molecule has 0 amide bonds. The average Bonchev–Trinajstić information content (AvgIpc) is 3.04. The molecule has 0 N–H and O–H groups in total. The van der Waals surface area contributed by atoms with E-state index in [0.717, 1.165) is 45.5 Å². The summed E-state index contributed by atoms with van der Waals surface area (Å²) in [6.45, 7) is 2.12. The van der Waals surface area contributed by atoms with Crippen LogP contribution in [0.25, 0.3) is 0 Å². The van der Waals surface area contributed by atoms with E-state index in [4.69, 9.17) is 0 Å². The Balaban J connectivity index is 1.42. The molecule has 41 heavy (non-hydrogen) atoms. The zero-order valence-electron chi connectivity index (χ0n) is 23.4. The first-order valence-corrected chi connectivity index (χ1v) is 13.9. The smallest absolute Gasteiger partial charge is 0.0482 e. The fraction of sp³-hybridized carbons (Fsp3) is 0.0526. The molecule has 3 nitrogen and oxygen atoms in total. The van der Waals surface area contributed by atoms with E-state index < -0.39 is 0 Å². The SMILES string of the molecule is Cc1ccc(N(c2ccccc2)c2cccc(N(c3ccccc3)c3ccc(N(C)c4ccccc4)cc3)c2)cc1. The molecule has 0 aromatic heterocycles. The van der Waals surface area contributed by atoms with Gasteiger partial charge in [0.25, 0.3) is 0 Å². The summed E-state index contributed by atoms with van der Waals surface area (Å²) in [5.41, 5.74) is 10.2. The number of para-hydroxylation sites is 3. The van der Waals surface area contributed by atoms with Crippen LogP contribution >= 0.6 is 0 Å². The number of aryl methyl sites for hydroxylation is 1. The lowest BCUT2D eigenvalue weighted by Gasteiger charge is -2.29. The van der Waals surface area contributed by atoms with E-state index in [1.807, 2.05) is 6.07 Å². The summed E-state index contributed by atoms with van der Waals surface area (Å²) in [6, 6.07) is 57.8. The third-order valence-corrected chi connectivity index (χ3v) is 7.31. The molecule has 0 aliphatic rings. The summed E-state index contributed by atoms with van der Waals surface area (Å²) >= 11 is 0. The van der Waals surface area contributed by atoms with Gasteiger partial charge in [-0.1, -0.05) is 78.4 Å². The average molecular weight is 532 g/mol. The van der Waals surface area contributed by atoms with Crippen molar-refractivity contribution in [3.63, 3.8) is 0 Å². The van der Waals surface area contributed by atoms with Crippen molar-refractivity contribution in [3.8, 4) is 0 Å². The number of hydrogen-bond acceptors (Lipinski definition) is 3. The molecule has 0 aliphatic carbocycles. The molecule has 0 saturated heterocycles. The number of nitrogens with zero attached hydrogens (tertiary/aromatic N) is 3.